The van der Waals surface area contributed by atoms with E-state index in [2.05, 4.69) is 22.8 Å². The van der Waals surface area contributed by atoms with Gasteiger partial charge in [-0.05, 0) is 23.8 Å². The van der Waals surface area contributed by atoms with Gasteiger partial charge >= 0.3 is 11.9 Å². The first kappa shape index (κ1) is 16.8. The van der Waals surface area contributed by atoms with Gasteiger partial charge in [-0.2, -0.15) is 17.9 Å². The Morgan fingerprint density at radius 3 is 2.57 bits per heavy atom. The molecule has 1 aromatic carbocycles. The number of ether oxygens (including phenoxy) is 1. The van der Waals surface area contributed by atoms with Crippen molar-refractivity contribution in [3.05, 3.63) is 41.1 Å². The Balaban J connectivity index is 2.85. The molecule has 0 spiro atoms. The van der Waals surface area contributed by atoms with Gasteiger partial charge in [-0.15, -0.1) is 0 Å². The third-order valence-corrected chi connectivity index (χ3v) is 3.14. The molecule has 0 aromatic heterocycles. The predicted octanol–water partition coefficient (Wildman–Crippen LogP) is 0.998. The maximum absolute atomic E-state index is 11.8. The molecule has 1 rings (SSSR count). The van der Waals surface area contributed by atoms with Crippen LogP contribution < -0.4 is 11.3 Å². The Hall–Kier alpha value is -2.30. The number of carbonyl (C=O) groups is 2. The molecule has 0 fully saturated rings. The van der Waals surface area contributed by atoms with Gasteiger partial charge in [0.25, 0.3) is 0 Å². The molecule has 0 amide bonds. The van der Waals surface area contributed by atoms with Gasteiger partial charge in [0.2, 0.25) is 0 Å². The minimum absolute atomic E-state index is 0.0700. The molecule has 3 N–H and O–H groups in total. The Bertz CT molecular complexity index is 590. The normalized spacial score (nSPS) is 12.2. The summed E-state index contributed by atoms with van der Waals surface area (Å²) in [5.41, 5.74) is 3.25. The van der Waals surface area contributed by atoms with Gasteiger partial charge in [0.15, 0.2) is 0 Å². The average molecular weight is 305 g/mol. The Kier molecular flexibility index (Phi) is 6.46. The summed E-state index contributed by atoms with van der Waals surface area (Å²) >= 11 is 3.96. The smallest absolute Gasteiger partial charge is 0.363 e. The first-order valence-corrected chi connectivity index (χ1v) is 6.70. The number of benzene rings is 1. The van der Waals surface area contributed by atoms with Crippen molar-refractivity contribution >= 4 is 30.6 Å². The molecule has 1 atom stereocenters. The topological polar surface area (TPSA) is 105 Å². The molecule has 110 valence electrons. The van der Waals surface area contributed by atoms with Crippen LogP contribution in [0.1, 0.15) is 18.1 Å². The number of rotatable bonds is 5. The van der Waals surface area contributed by atoms with Crippen LogP contribution in [0.3, 0.4) is 0 Å². The highest BCUT2D eigenvalue weighted by molar-refractivity contribution is 7.80. The van der Waals surface area contributed by atoms with Gasteiger partial charge in [-0.25, -0.2) is 4.79 Å². The monoisotopic (exact) mass is 305 g/mol. The predicted molar refractivity (Wildman–Crippen MR) is 80.6 cm³/mol. The van der Waals surface area contributed by atoms with E-state index in [1.807, 2.05) is 6.07 Å². The van der Waals surface area contributed by atoms with Gasteiger partial charge in [0, 0.05) is 5.75 Å². The summed E-state index contributed by atoms with van der Waals surface area (Å²) in [6.45, 7) is 1.60. The van der Waals surface area contributed by atoms with Crippen molar-refractivity contribution in [1.82, 2.24) is 5.43 Å². The number of nitrogens with one attached hydrogen (secondary N) is 1. The second-order valence-corrected chi connectivity index (χ2v) is 4.59. The minimum Gasteiger partial charge on any atom is -0.388 e. The van der Waals surface area contributed by atoms with Crippen LogP contribution in [0.5, 0.6) is 0 Å². The summed E-state index contributed by atoms with van der Waals surface area (Å²) in [6, 6.07) is 8.46. The van der Waals surface area contributed by atoms with Gasteiger partial charge < -0.3 is 10.2 Å². The second kappa shape index (κ2) is 8.09. The minimum atomic E-state index is -0.875. The van der Waals surface area contributed by atoms with Crippen molar-refractivity contribution in [3.8, 4) is 6.07 Å². The molecule has 0 aliphatic rings. The van der Waals surface area contributed by atoms with Crippen molar-refractivity contribution in [1.29, 1.82) is 5.26 Å². The number of nitriles is 1. The zero-order chi connectivity index (χ0) is 15.8. The molecule has 0 radical (unpaired) electrons. The van der Waals surface area contributed by atoms with E-state index in [0.717, 1.165) is 0 Å². The van der Waals surface area contributed by atoms with Crippen molar-refractivity contribution in [2.75, 3.05) is 5.75 Å². The Labute approximate surface area is 128 Å². The first-order valence-electron chi connectivity index (χ1n) is 6.07. The Morgan fingerprint density at radius 2 is 2.10 bits per heavy atom. The summed E-state index contributed by atoms with van der Waals surface area (Å²) in [7, 11) is 0. The third kappa shape index (κ3) is 4.95. The molecule has 0 aliphatic heterocycles. The van der Waals surface area contributed by atoms with E-state index in [9.17, 15) is 9.59 Å². The number of nitrogens with two attached hydrogens (primary N) is 1. The number of hydrogen-bond donors (Lipinski definition) is 3. The summed E-state index contributed by atoms with van der Waals surface area (Å²) < 4.78 is 4.68. The number of hydrazine groups is 1. The van der Waals surface area contributed by atoms with Crippen LogP contribution in [0.4, 0.5) is 0 Å². The summed E-state index contributed by atoms with van der Waals surface area (Å²) in [5.74, 6) is 3.50. The zero-order valence-electron chi connectivity index (χ0n) is 11.4. The van der Waals surface area contributed by atoms with Crippen molar-refractivity contribution in [2.24, 2.45) is 11.8 Å². The highest BCUT2D eigenvalue weighted by Crippen LogP contribution is 2.09. The average Bonchev–Trinajstić information content (AvgIpc) is 2.51. The molecule has 21 heavy (non-hydrogen) atoms. The van der Waals surface area contributed by atoms with Gasteiger partial charge in [0.1, 0.15) is 5.70 Å². The SMILES string of the molecule is C[C@H](CS)C(=O)OC(=O)C(=Cc1ccc(C#N)cc1)NN. The fourth-order valence-corrected chi connectivity index (χ4v) is 1.45. The van der Waals surface area contributed by atoms with Crippen LogP contribution >= 0.6 is 12.6 Å². The second-order valence-electron chi connectivity index (χ2n) is 4.23. The van der Waals surface area contributed by atoms with E-state index < -0.39 is 17.9 Å². The fraction of sp³-hybridized carbons (Fsp3) is 0.214. The van der Waals surface area contributed by atoms with E-state index in [1.54, 1.807) is 31.2 Å². The lowest BCUT2D eigenvalue weighted by Gasteiger charge is -2.09. The van der Waals surface area contributed by atoms with E-state index in [1.165, 1.54) is 6.08 Å². The van der Waals surface area contributed by atoms with E-state index in [4.69, 9.17) is 11.1 Å². The maximum atomic E-state index is 11.8. The molecule has 0 saturated carbocycles. The van der Waals surface area contributed by atoms with Crippen molar-refractivity contribution < 1.29 is 14.3 Å². The zero-order valence-corrected chi connectivity index (χ0v) is 12.3. The summed E-state index contributed by atoms with van der Waals surface area (Å²) in [6.07, 6.45) is 1.42. The van der Waals surface area contributed by atoms with Crippen LogP contribution in [-0.2, 0) is 14.3 Å². The van der Waals surface area contributed by atoms with Crippen LogP contribution in [0, 0.1) is 17.2 Å². The lowest BCUT2D eigenvalue weighted by molar-refractivity contribution is -0.159. The highest BCUT2D eigenvalue weighted by atomic mass is 32.1. The van der Waals surface area contributed by atoms with Gasteiger partial charge in [-0.1, -0.05) is 19.1 Å². The van der Waals surface area contributed by atoms with Crippen LogP contribution in [0.2, 0.25) is 0 Å². The largest absolute Gasteiger partial charge is 0.388 e. The number of thiol groups is 1. The molecule has 0 unspecified atom stereocenters. The number of carbonyl (C=O) groups excluding carboxylic acids is 2. The molecular formula is C14H15N3O3S. The quantitative estimate of drug-likeness (QED) is 0.187. The summed E-state index contributed by atoms with van der Waals surface area (Å²) in [4.78, 5) is 23.3. The van der Waals surface area contributed by atoms with Gasteiger partial charge in [0.05, 0.1) is 17.6 Å². The standard InChI is InChI=1S/C14H15N3O3S/c1-9(8-21)13(18)20-14(19)12(17-16)6-10-2-4-11(7-15)5-3-10/h2-6,9,17,21H,8,16H2,1H3/t9-/m1/s1. The number of hydrogen-bond acceptors (Lipinski definition) is 7. The fourth-order valence-electron chi connectivity index (χ4n) is 1.30. The van der Waals surface area contributed by atoms with Crippen molar-refractivity contribution in [3.63, 3.8) is 0 Å². The molecule has 0 heterocycles. The molecular weight excluding hydrogens is 290 g/mol. The lowest BCUT2D eigenvalue weighted by Crippen LogP contribution is -2.30. The summed E-state index contributed by atoms with van der Waals surface area (Å²) in [5, 5.41) is 8.70. The molecule has 0 aliphatic carbocycles. The maximum Gasteiger partial charge on any atom is 0.363 e. The van der Waals surface area contributed by atoms with Crippen molar-refractivity contribution in [2.45, 2.75) is 6.92 Å². The van der Waals surface area contributed by atoms with E-state index in [-0.39, 0.29) is 11.4 Å². The third-order valence-electron chi connectivity index (χ3n) is 2.60. The molecule has 6 nitrogen and oxygen atoms in total. The van der Waals surface area contributed by atoms with Crippen LogP contribution in [-0.4, -0.2) is 17.7 Å². The molecule has 0 saturated heterocycles. The molecule has 0 bridgehead atoms. The van der Waals surface area contributed by atoms with E-state index >= 15 is 0 Å². The highest BCUT2D eigenvalue weighted by Gasteiger charge is 2.19. The molecule has 1 aromatic rings. The lowest BCUT2D eigenvalue weighted by atomic mass is 10.1. The first-order chi connectivity index (χ1) is 10.0. The Morgan fingerprint density at radius 1 is 1.48 bits per heavy atom. The van der Waals surface area contributed by atoms with Crippen LogP contribution in [0.25, 0.3) is 6.08 Å². The molecule has 7 heteroatoms. The number of nitrogens with zero attached hydrogens (tertiary/aromatic N) is 1. The van der Waals surface area contributed by atoms with E-state index in [0.29, 0.717) is 11.1 Å². The number of esters is 2. The van der Waals surface area contributed by atoms with Crippen LogP contribution in [0.15, 0.2) is 30.0 Å². The van der Waals surface area contributed by atoms with Gasteiger partial charge in [-0.3, -0.25) is 10.6 Å².